The summed E-state index contributed by atoms with van der Waals surface area (Å²) in [5, 5.41) is 5.49. The number of nitrogens with one attached hydrogen (secondary N) is 2. The molecule has 0 aliphatic carbocycles. The van der Waals surface area contributed by atoms with E-state index in [0.29, 0.717) is 0 Å². The minimum absolute atomic E-state index is 0.0521. The van der Waals surface area contributed by atoms with Gasteiger partial charge in [-0.25, -0.2) is 0 Å². The Morgan fingerprint density at radius 2 is 2.46 bits per heavy atom. The molecule has 0 aliphatic heterocycles. The molecular formula is C8H10BrN3O. The molecular weight excluding hydrogens is 234 g/mol. The van der Waals surface area contributed by atoms with Crippen LogP contribution in [0, 0.1) is 0 Å². The molecule has 0 saturated carbocycles. The van der Waals surface area contributed by atoms with Gasteiger partial charge >= 0.3 is 0 Å². The number of hydrogen-bond donors (Lipinski definition) is 2. The number of nitrogens with zero attached hydrogens (tertiary/aromatic N) is 1. The molecule has 0 aliphatic rings. The maximum absolute atomic E-state index is 10.9. The third kappa shape index (κ3) is 3.02. The van der Waals surface area contributed by atoms with Crippen LogP contribution in [0.3, 0.4) is 0 Å². The summed E-state index contributed by atoms with van der Waals surface area (Å²) in [7, 11) is 1.60. The molecule has 2 N–H and O–H groups in total. The average Bonchev–Trinajstić information content (AvgIpc) is 2.16. The fourth-order valence-electron chi connectivity index (χ4n) is 0.782. The first-order valence-electron chi connectivity index (χ1n) is 3.78. The smallest absolute Gasteiger partial charge is 0.239 e. The number of carbonyl (C=O) groups excluding carboxylic acids is 1. The third-order valence-corrected chi connectivity index (χ3v) is 2.12. The third-order valence-electron chi connectivity index (χ3n) is 1.49. The van der Waals surface area contributed by atoms with Crippen LogP contribution in [0.2, 0.25) is 0 Å². The van der Waals surface area contributed by atoms with Gasteiger partial charge in [0.25, 0.3) is 0 Å². The molecule has 5 heteroatoms. The topological polar surface area (TPSA) is 54.0 Å². The van der Waals surface area contributed by atoms with Crippen molar-refractivity contribution >= 4 is 27.5 Å². The summed E-state index contributed by atoms with van der Waals surface area (Å²) in [5.41, 5.74) is 0.860. The maximum Gasteiger partial charge on any atom is 0.239 e. The molecule has 1 aromatic heterocycles. The van der Waals surface area contributed by atoms with E-state index in [2.05, 4.69) is 31.5 Å². The van der Waals surface area contributed by atoms with Gasteiger partial charge in [0.2, 0.25) is 5.91 Å². The first-order valence-corrected chi connectivity index (χ1v) is 4.57. The zero-order chi connectivity index (χ0) is 9.68. The second kappa shape index (κ2) is 4.81. The van der Waals surface area contributed by atoms with E-state index in [1.165, 1.54) is 0 Å². The first-order chi connectivity index (χ1) is 6.24. The second-order valence-corrected chi connectivity index (χ2v) is 3.24. The summed E-state index contributed by atoms with van der Waals surface area (Å²) in [5.74, 6) is -0.0521. The highest BCUT2D eigenvalue weighted by atomic mass is 79.9. The summed E-state index contributed by atoms with van der Waals surface area (Å²) < 4.78 is 0.846. The number of anilines is 1. The number of aromatic nitrogens is 1. The number of rotatable bonds is 3. The molecule has 0 aromatic carbocycles. The van der Waals surface area contributed by atoms with E-state index in [0.717, 1.165) is 10.2 Å². The number of pyridine rings is 1. The van der Waals surface area contributed by atoms with Gasteiger partial charge in [-0.3, -0.25) is 9.78 Å². The number of likely N-dealkylation sites (N-methyl/N-ethyl adjacent to an activating group) is 1. The lowest BCUT2D eigenvalue weighted by atomic mass is 10.4. The van der Waals surface area contributed by atoms with Crippen LogP contribution in [0.15, 0.2) is 22.9 Å². The molecule has 1 aromatic rings. The normalized spacial score (nSPS) is 9.38. The number of hydrogen-bond acceptors (Lipinski definition) is 3. The summed E-state index contributed by atoms with van der Waals surface area (Å²) in [6.07, 6.45) is 3.34. The monoisotopic (exact) mass is 243 g/mol. The van der Waals surface area contributed by atoms with Crippen molar-refractivity contribution in [2.24, 2.45) is 0 Å². The summed E-state index contributed by atoms with van der Waals surface area (Å²) >= 11 is 3.31. The molecule has 0 spiro atoms. The van der Waals surface area contributed by atoms with E-state index in [1.54, 1.807) is 25.5 Å². The van der Waals surface area contributed by atoms with Crippen LogP contribution in [0.1, 0.15) is 0 Å². The van der Waals surface area contributed by atoms with Crippen LogP contribution in [0.5, 0.6) is 0 Å². The molecule has 4 nitrogen and oxygen atoms in total. The van der Waals surface area contributed by atoms with Gasteiger partial charge in [0.1, 0.15) is 0 Å². The Morgan fingerprint density at radius 3 is 3.08 bits per heavy atom. The molecule has 13 heavy (non-hydrogen) atoms. The highest BCUT2D eigenvalue weighted by molar-refractivity contribution is 9.10. The Labute approximate surface area is 84.9 Å². The van der Waals surface area contributed by atoms with Crippen molar-refractivity contribution in [2.45, 2.75) is 0 Å². The van der Waals surface area contributed by atoms with E-state index >= 15 is 0 Å². The molecule has 0 fully saturated rings. The van der Waals surface area contributed by atoms with Gasteiger partial charge in [-0.15, -0.1) is 0 Å². The predicted octanol–water partition coefficient (Wildman–Crippen LogP) is 1.00. The molecule has 1 heterocycles. The Morgan fingerprint density at radius 1 is 1.69 bits per heavy atom. The Balaban J connectivity index is 2.54. The molecule has 0 atom stereocenters. The SMILES string of the molecule is CNC(=O)CNc1ccncc1Br. The number of carbonyl (C=O) groups is 1. The zero-order valence-electron chi connectivity index (χ0n) is 7.17. The molecule has 70 valence electrons. The fraction of sp³-hybridized carbons (Fsp3) is 0.250. The van der Waals surface area contributed by atoms with Gasteiger partial charge < -0.3 is 10.6 Å². The van der Waals surface area contributed by atoms with Crippen molar-refractivity contribution in [3.05, 3.63) is 22.9 Å². The summed E-state index contributed by atoms with van der Waals surface area (Å²) in [6, 6.07) is 1.80. The van der Waals surface area contributed by atoms with Crippen molar-refractivity contribution in [1.82, 2.24) is 10.3 Å². The first kappa shape index (κ1) is 9.98. The van der Waals surface area contributed by atoms with Gasteiger partial charge in [0.05, 0.1) is 16.7 Å². The lowest BCUT2D eigenvalue weighted by molar-refractivity contribution is -0.118. The highest BCUT2D eigenvalue weighted by Crippen LogP contribution is 2.19. The molecule has 1 rings (SSSR count). The van der Waals surface area contributed by atoms with Crippen LogP contribution in [0.25, 0.3) is 0 Å². The zero-order valence-corrected chi connectivity index (χ0v) is 8.76. The van der Waals surface area contributed by atoms with Gasteiger partial charge in [-0.2, -0.15) is 0 Å². The predicted molar refractivity (Wildman–Crippen MR) is 54.5 cm³/mol. The second-order valence-electron chi connectivity index (χ2n) is 2.38. The van der Waals surface area contributed by atoms with E-state index in [1.807, 2.05) is 0 Å². The largest absolute Gasteiger partial charge is 0.375 e. The van der Waals surface area contributed by atoms with Crippen LogP contribution in [0.4, 0.5) is 5.69 Å². The van der Waals surface area contributed by atoms with Crippen molar-refractivity contribution in [1.29, 1.82) is 0 Å². The number of amides is 1. The van der Waals surface area contributed by atoms with Crippen molar-refractivity contribution in [3.63, 3.8) is 0 Å². The van der Waals surface area contributed by atoms with Crippen molar-refractivity contribution in [3.8, 4) is 0 Å². The lowest BCUT2D eigenvalue weighted by Gasteiger charge is -2.06. The maximum atomic E-state index is 10.9. The minimum atomic E-state index is -0.0521. The summed E-state index contributed by atoms with van der Waals surface area (Å²) in [4.78, 5) is 14.8. The van der Waals surface area contributed by atoms with E-state index in [4.69, 9.17) is 0 Å². The quantitative estimate of drug-likeness (QED) is 0.834. The van der Waals surface area contributed by atoms with Gasteiger partial charge in [0, 0.05) is 19.4 Å². The minimum Gasteiger partial charge on any atom is -0.375 e. The van der Waals surface area contributed by atoms with Crippen molar-refractivity contribution in [2.75, 3.05) is 18.9 Å². The Hall–Kier alpha value is -1.10. The molecule has 0 unspecified atom stereocenters. The number of halogens is 1. The lowest BCUT2D eigenvalue weighted by Crippen LogP contribution is -2.26. The van der Waals surface area contributed by atoms with E-state index in [9.17, 15) is 4.79 Å². The van der Waals surface area contributed by atoms with E-state index in [-0.39, 0.29) is 12.5 Å². The van der Waals surface area contributed by atoms with E-state index < -0.39 is 0 Å². The highest BCUT2D eigenvalue weighted by Gasteiger charge is 2.00. The van der Waals surface area contributed by atoms with Crippen LogP contribution >= 0.6 is 15.9 Å². The average molecular weight is 244 g/mol. The van der Waals surface area contributed by atoms with Gasteiger partial charge in [-0.1, -0.05) is 0 Å². The molecule has 0 radical (unpaired) electrons. The van der Waals surface area contributed by atoms with Crippen LogP contribution in [-0.2, 0) is 4.79 Å². The fourth-order valence-corrected chi connectivity index (χ4v) is 1.17. The standard InChI is InChI=1S/C8H10BrN3O/c1-10-8(13)5-12-7-2-3-11-4-6(7)9/h2-4H,5H2,1H3,(H,10,13)(H,11,12). The molecule has 1 amide bonds. The van der Waals surface area contributed by atoms with Crippen LogP contribution < -0.4 is 10.6 Å². The molecule has 0 saturated heterocycles. The Kier molecular flexibility index (Phi) is 3.70. The van der Waals surface area contributed by atoms with Gasteiger partial charge in [-0.05, 0) is 22.0 Å². The Bertz CT molecular complexity index is 303. The van der Waals surface area contributed by atoms with Gasteiger partial charge in [0.15, 0.2) is 0 Å². The van der Waals surface area contributed by atoms with Crippen molar-refractivity contribution < 1.29 is 4.79 Å². The summed E-state index contributed by atoms with van der Waals surface area (Å²) in [6.45, 7) is 0.263. The molecule has 0 bridgehead atoms. The van der Waals surface area contributed by atoms with Crippen LogP contribution in [-0.4, -0.2) is 24.5 Å².